The van der Waals surface area contributed by atoms with Gasteiger partial charge in [0, 0.05) is 43.0 Å². The number of aromatic nitrogens is 5. The van der Waals surface area contributed by atoms with Crippen molar-refractivity contribution in [3.8, 4) is 5.69 Å². The van der Waals surface area contributed by atoms with E-state index >= 15 is 0 Å². The summed E-state index contributed by atoms with van der Waals surface area (Å²) in [7, 11) is 3.32. The Morgan fingerprint density at radius 1 is 1.07 bits per heavy atom. The lowest BCUT2D eigenvalue weighted by Gasteiger charge is -2.34. The molecule has 0 fully saturated rings. The molecule has 1 aliphatic rings. The Morgan fingerprint density at radius 2 is 1.80 bits per heavy atom. The molecule has 0 radical (unpaired) electrons. The molecule has 1 aliphatic heterocycles. The summed E-state index contributed by atoms with van der Waals surface area (Å²) in [6.45, 7) is 2.29. The number of carbonyl (C=O) groups excluding carboxylic acids is 2. The molecule has 40 heavy (non-hydrogen) atoms. The number of nitrogens with zero attached hydrogens (tertiary/aromatic N) is 6. The second-order valence-corrected chi connectivity index (χ2v) is 10.3. The van der Waals surface area contributed by atoms with Crippen LogP contribution in [0.3, 0.4) is 0 Å². The highest BCUT2D eigenvalue weighted by Gasteiger charge is 2.32. The van der Waals surface area contributed by atoms with Crippen LogP contribution < -0.4 is 16.2 Å². The molecule has 3 heterocycles. The van der Waals surface area contributed by atoms with Gasteiger partial charge in [0.25, 0.3) is 17.4 Å². The maximum atomic E-state index is 13.9. The summed E-state index contributed by atoms with van der Waals surface area (Å²) in [6, 6.07) is 11.2. The molecule has 0 saturated heterocycles. The van der Waals surface area contributed by atoms with E-state index in [0.29, 0.717) is 45.2 Å². The van der Waals surface area contributed by atoms with Gasteiger partial charge >= 0.3 is 0 Å². The second-order valence-electron chi connectivity index (χ2n) is 9.48. The van der Waals surface area contributed by atoms with Crippen molar-refractivity contribution >= 4 is 41.0 Å². The SMILES string of the molecule is CNC(=O)c1ccc(-n2c(NCc3cn(C)nn3)nc3c(c2=O)C[C@@H](C)N(C(=O)c2ccc(Cl)c(Cl)c2)C3)cc1. The minimum atomic E-state index is -0.272. The summed E-state index contributed by atoms with van der Waals surface area (Å²) in [6.07, 6.45) is 2.07. The molecule has 0 unspecified atom stereocenters. The zero-order valence-corrected chi connectivity index (χ0v) is 23.5. The molecule has 5 rings (SSSR count). The Hall–Kier alpha value is -4.22. The van der Waals surface area contributed by atoms with Gasteiger partial charge in [0.2, 0.25) is 5.95 Å². The van der Waals surface area contributed by atoms with Crippen molar-refractivity contribution in [1.29, 1.82) is 0 Å². The molecular formula is C27H26Cl2N8O3. The summed E-state index contributed by atoms with van der Waals surface area (Å²) in [5, 5.41) is 14.5. The molecule has 1 atom stereocenters. The van der Waals surface area contributed by atoms with Crippen molar-refractivity contribution < 1.29 is 9.59 Å². The van der Waals surface area contributed by atoms with Crippen LogP contribution in [0.4, 0.5) is 5.95 Å². The number of fused-ring (bicyclic) bond motifs is 1. The van der Waals surface area contributed by atoms with Gasteiger partial charge in [-0.1, -0.05) is 28.4 Å². The van der Waals surface area contributed by atoms with Gasteiger partial charge in [-0.05, 0) is 55.8 Å². The number of halogens is 2. The summed E-state index contributed by atoms with van der Waals surface area (Å²) in [5.74, 6) is -0.191. The average molecular weight is 581 g/mol. The first-order valence-corrected chi connectivity index (χ1v) is 13.2. The van der Waals surface area contributed by atoms with E-state index in [-0.39, 0.29) is 47.5 Å². The highest BCUT2D eigenvalue weighted by Crippen LogP contribution is 2.27. The first kappa shape index (κ1) is 27.4. The lowest BCUT2D eigenvalue weighted by atomic mass is 9.98. The van der Waals surface area contributed by atoms with Gasteiger partial charge in [-0.25, -0.2) is 9.55 Å². The smallest absolute Gasteiger partial charge is 0.263 e. The predicted molar refractivity (Wildman–Crippen MR) is 151 cm³/mol. The highest BCUT2D eigenvalue weighted by atomic mass is 35.5. The summed E-state index contributed by atoms with van der Waals surface area (Å²) in [5.41, 5.74) is 2.81. The number of amides is 2. The molecule has 2 aromatic heterocycles. The van der Waals surface area contributed by atoms with Gasteiger partial charge in [-0.15, -0.1) is 5.10 Å². The Morgan fingerprint density at radius 3 is 2.45 bits per heavy atom. The van der Waals surface area contributed by atoms with Gasteiger partial charge in [0.15, 0.2) is 0 Å². The fourth-order valence-corrected chi connectivity index (χ4v) is 4.93. The van der Waals surface area contributed by atoms with E-state index in [1.165, 1.54) is 10.6 Å². The Bertz CT molecular complexity index is 1670. The van der Waals surface area contributed by atoms with Crippen LogP contribution in [0.1, 0.15) is 44.6 Å². The molecule has 2 N–H and O–H groups in total. The van der Waals surface area contributed by atoms with E-state index in [0.717, 1.165) is 0 Å². The third-order valence-corrected chi connectivity index (χ3v) is 7.47. The monoisotopic (exact) mass is 580 g/mol. The Kier molecular flexibility index (Phi) is 7.59. The van der Waals surface area contributed by atoms with E-state index in [1.807, 2.05) is 6.92 Å². The molecule has 4 aromatic rings. The quantitative estimate of drug-likeness (QED) is 0.358. The standard InChI is InChI=1S/C27H26Cl2N8O3/c1-15-10-20-23(14-36(15)25(39)17-6-9-21(28)22(29)11-17)32-27(31-12-18-13-35(3)34-33-18)37(26(20)40)19-7-4-16(5-8-19)24(38)30-2/h4-9,11,13,15H,10,12,14H2,1-3H3,(H,30,38)(H,31,32)/t15-/m1/s1. The van der Waals surface area contributed by atoms with E-state index < -0.39 is 0 Å². The minimum Gasteiger partial charge on any atom is -0.355 e. The zero-order valence-electron chi connectivity index (χ0n) is 22.0. The van der Waals surface area contributed by atoms with Gasteiger partial charge in [-0.3, -0.25) is 19.1 Å². The normalized spacial score (nSPS) is 14.5. The molecule has 13 heteroatoms. The van der Waals surface area contributed by atoms with Crippen LogP contribution in [0.15, 0.2) is 53.5 Å². The van der Waals surface area contributed by atoms with Crippen LogP contribution in [0.25, 0.3) is 5.69 Å². The maximum Gasteiger partial charge on any atom is 0.263 e. The number of anilines is 1. The van der Waals surface area contributed by atoms with E-state index in [4.69, 9.17) is 28.2 Å². The molecule has 0 saturated carbocycles. The van der Waals surface area contributed by atoms with Crippen LogP contribution >= 0.6 is 23.2 Å². The van der Waals surface area contributed by atoms with Crippen LogP contribution in [0, 0.1) is 0 Å². The number of benzene rings is 2. The lowest BCUT2D eigenvalue weighted by Crippen LogP contribution is -2.46. The number of rotatable bonds is 6. The molecule has 2 aromatic carbocycles. The Balaban J connectivity index is 1.54. The number of nitrogens with one attached hydrogen (secondary N) is 2. The third kappa shape index (κ3) is 5.30. The number of hydrogen-bond acceptors (Lipinski definition) is 7. The van der Waals surface area contributed by atoms with Gasteiger partial charge in [0.05, 0.1) is 34.5 Å². The van der Waals surface area contributed by atoms with Crippen molar-refractivity contribution in [3.05, 3.63) is 97.1 Å². The average Bonchev–Trinajstić information content (AvgIpc) is 3.37. The fourth-order valence-electron chi connectivity index (χ4n) is 4.64. The zero-order chi connectivity index (χ0) is 28.6. The molecule has 0 aliphatic carbocycles. The summed E-state index contributed by atoms with van der Waals surface area (Å²) in [4.78, 5) is 45.9. The number of aryl methyl sites for hydroxylation is 1. The third-order valence-electron chi connectivity index (χ3n) is 6.73. The van der Waals surface area contributed by atoms with Crippen LogP contribution in [0.2, 0.25) is 10.0 Å². The van der Waals surface area contributed by atoms with Crippen LogP contribution in [-0.2, 0) is 26.6 Å². The molecule has 2 amide bonds. The molecule has 11 nitrogen and oxygen atoms in total. The minimum absolute atomic E-state index is 0.140. The Labute approximate surface area is 239 Å². The second kappa shape index (κ2) is 11.1. The predicted octanol–water partition coefficient (Wildman–Crippen LogP) is 3.23. The van der Waals surface area contributed by atoms with E-state index in [2.05, 4.69) is 20.9 Å². The van der Waals surface area contributed by atoms with E-state index in [1.54, 1.807) is 66.3 Å². The van der Waals surface area contributed by atoms with Gasteiger partial charge in [-0.2, -0.15) is 0 Å². The molecule has 0 bridgehead atoms. The highest BCUT2D eigenvalue weighted by molar-refractivity contribution is 6.42. The van der Waals surface area contributed by atoms with E-state index in [9.17, 15) is 14.4 Å². The largest absolute Gasteiger partial charge is 0.355 e. The van der Waals surface area contributed by atoms with Crippen molar-refractivity contribution in [2.45, 2.75) is 32.5 Å². The molecule has 0 spiro atoms. The van der Waals surface area contributed by atoms with Crippen LogP contribution in [0.5, 0.6) is 0 Å². The first-order valence-electron chi connectivity index (χ1n) is 12.5. The van der Waals surface area contributed by atoms with Gasteiger partial charge in [0.1, 0.15) is 5.69 Å². The van der Waals surface area contributed by atoms with Crippen molar-refractivity contribution in [1.82, 2.24) is 34.8 Å². The summed E-state index contributed by atoms with van der Waals surface area (Å²) < 4.78 is 3.06. The summed E-state index contributed by atoms with van der Waals surface area (Å²) >= 11 is 12.2. The topological polar surface area (TPSA) is 127 Å². The number of carbonyl (C=O) groups is 2. The molecule has 206 valence electrons. The van der Waals surface area contributed by atoms with Crippen molar-refractivity contribution in [2.75, 3.05) is 12.4 Å². The van der Waals surface area contributed by atoms with Crippen LogP contribution in [-0.4, -0.2) is 54.3 Å². The fraction of sp³-hybridized carbons (Fsp3) is 0.259. The van der Waals surface area contributed by atoms with Crippen molar-refractivity contribution in [3.63, 3.8) is 0 Å². The molecular weight excluding hydrogens is 555 g/mol. The van der Waals surface area contributed by atoms with Gasteiger partial charge < -0.3 is 15.5 Å². The number of hydrogen-bond donors (Lipinski definition) is 2. The first-order chi connectivity index (χ1) is 19.2. The maximum absolute atomic E-state index is 13.9. The van der Waals surface area contributed by atoms with Crippen molar-refractivity contribution in [2.24, 2.45) is 7.05 Å². The lowest BCUT2D eigenvalue weighted by molar-refractivity contribution is 0.0653.